The fraction of sp³-hybridized carbons (Fsp3) is 0.579. The number of amides is 1. The summed E-state index contributed by atoms with van der Waals surface area (Å²) in [6.45, 7) is 9.08. The number of likely N-dealkylation sites (N-methyl/N-ethyl adjacent to an activating group) is 1. The minimum absolute atomic E-state index is 0.0443. The van der Waals surface area contributed by atoms with Gasteiger partial charge in [-0.2, -0.15) is 0 Å². The summed E-state index contributed by atoms with van der Waals surface area (Å²) in [5.41, 5.74) is 0.724. The molecule has 6 nitrogen and oxygen atoms in total. The maximum absolute atomic E-state index is 13.2. The van der Waals surface area contributed by atoms with Crippen LogP contribution in [-0.4, -0.2) is 56.0 Å². The molecular weight excluding hydrogens is 333 g/mol. The van der Waals surface area contributed by atoms with Gasteiger partial charge in [-0.1, -0.05) is 12.1 Å². The molecule has 3 N–H and O–H groups in total. The number of hydrogen-bond donors (Lipinski definition) is 3. The topological polar surface area (TPSA) is 68.8 Å². The Balaban J connectivity index is 2.73. The Morgan fingerprint density at radius 2 is 1.81 bits per heavy atom. The third kappa shape index (κ3) is 8.29. The number of carbonyl (C=O) groups excluding carboxylic acids is 1. The van der Waals surface area contributed by atoms with E-state index in [2.05, 4.69) is 25.8 Å². The molecule has 0 saturated carbocycles. The molecule has 7 heteroatoms. The molecule has 0 fully saturated rings. The molecule has 0 bridgehead atoms. The lowest BCUT2D eigenvalue weighted by molar-refractivity contribution is -0.121. The van der Waals surface area contributed by atoms with Gasteiger partial charge in [-0.05, 0) is 59.5 Å². The molecule has 1 atom stereocenters. The van der Waals surface area contributed by atoms with Crippen LogP contribution in [0.25, 0.3) is 0 Å². The Labute approximate surface area is 156 Å². The van der Waals surface area contributed by atoms with Crippen molar-refractivity contribution in [1.82, 2.24) is 20.9 Å². The van der Waals surface area contributed by atoms with E-state index in [-0.39, 0.29) is 29.8 Å². The lowest BCUT2D eigenvalue weighted by Gasteiger charge is -2.26. The van der Waals surface area contributed by atoms with Crippen molar-refractivity contribution >= 4 is 11.9 Å². The van der Waals surface area contributed by atoms with Crippen molar-refractivity contribution in [3.63, 3.8) is 0 Å². The maximum Gasteiger partial charge on any atom is 0.242 e. The number of rotatable bonds is 7. The van der Waals surface area contributed by atoms with Crippen LogP contribution in [0.15, 0.2) is 29.3 Å². The molecule has 1 amide bonds. The SMILES string of the molecule is CCNC(=NCC(=O)NC(C)(C)C)NCC(c1ccc(F)cc1)N(C)C. The van der Waals surface area contributed by atoms with E-state index >= 15 is 0 Å². The summed E-state index contributed by atoms with van der Waals surface area (Å²) in [4.78, 5) is 18.3. The lowest BCUT2D eigenvalue weighted by atomic mass is 10.1. The van der Waals surface area contributed by atoms with Gasteiger partial charge in [-0.15, -0.1) is 0 Å². The maximum atomic E-state index is 13.2. The van der Waals surface area contributed by atoms with E-state index in [4.69, 9.17) is 0 Å². The van der Waals surface area contributed by atoms with Crippen LogP contribution in [0.3, 0.4) is 0 Å². The van der Waals surface area contributed by atoms with Crippen LogP contribution in [0, 0.1) is 5.82 Å². The number of halogens is 1. The fourth-order valence-corrected chi connectivity index (χ4v) is 2.43. The van der Waals surface area contributed by atoms with Crippen molar-refractivity contribution in [2.45, 2.75) is 39.3 Å². The molecule has 146 valence electrons. The lowest BCUT2D eigenvalue weighted by Crippen LogP contribution is -2.44. The normalized spacial score (nSPS) is 13.5. The summed E-state index contributed by atoms with van der Waals surface area (Å²) in [6.07, 6.45) is 0. The second-order valence-electron chi connectivity index (χ2n) is 7.41. The van der Waals surface area contributed by atoms with Crippen molar-refractivity contribution in [3.05, 3.63) is 35.6 Å². The van der Waals surface area contributed by atoms with E-state index in [0.717, 1.165) is 5.56 Å². The Hall–Kier alpha value is -2.15. The molecule has 1 aromatic carbocycles. The van der Waals surface area contributed by atoms with Crippen LogP contribution in [0.1, 0.15) is 39.3 Å². The predicted octanol–water partition coefficient (Wildman–Crippen LogP) is 1.90. The van der Waals surface area contributed by atoms with Gasteiger partial charge < -0.3 is 20.9 Å². The van der Waals surface area contributed by atoms with E-state index in [1.807, 2.05) is 41.8 Å². The highest BCUT2D eigenvalue weighted by Gasteiger charge is 2.16. The summed E-state index contributed by atoms with van der Waals surface area (Å²) in [5.74, 6) is 0.196. The standard InChI is InChI=1S/C19H32FN5O/c1-7-21-18(23-13-17(26)24-19(2,3)4)22-12-16(25(5)6)14-8-10-15(20)11-9-14/h8-11,16H,7,12-13H2,1-6H3,(H,24,26)(H2,21,22,23). The molecular formula is C19H32FN5O. The molecule has 0 aromatic heterocycles. The molecule has 1 rings (SSSR count). The summed E-state index contributed by atoms with van der Waals surface area (Å²) < 4.78 is 13.2. The minimum Gasteiger partial charge on any atom is -0.357 e. The first-order valence-corrected chi connectivity index (χ1v) is 8.87. The van der Waals surface area contributed by atoms with E-state index in [1.54, 1.807) is 12.1 Å². The molecule has 0 heterocycles. The quantitative estimate of drug-likeness (QED) is 0.510. The predicted molar refractivity (Wildman–Crippen MR) is 105 cm³/mol. The van der Waals surface area contributed by atoms with Gasteiger partial charge in [0, 0.05) is 18.6 Å². The van der Waals surface area contributed by atoms with Gasteiger partial charge in [0.25, 0.3) is 0 Å². The molecule has 0 saturated heterocycles. The van der Waals surface area contributed by atoms with Crippen LogP contribution < -0.4 is 16.0 Å². The van der Waals surface area contributed by atoms with Crippen molar-refractivity contribution < 1.29 is 9.18 Å². The van der Waals surface area contributed by atoms with Gasteiger partial charge in [0.15, 0.2) is 5.96 Å². The molecule has 0 aliphatic heterocycles. The van der Waals surface area contributed by atoms with Crippen LogP contribution in [0.5, 0.6) is 0 Å². The number of nitrogens with zero attached hydrogens (tertiary/aromatic N) is 2. The van der Waals surface area contributed by atoms with Gasteiger partial charge in [0.1, 0.15) is 12.4 Å². The highest BCUT2D eigenvalue weighted by molar-refractivity contribution is 5.85. The number of benzene rings is 1. The summed E-state index contributed by atoms with van der Waals surface area (Å²) in [7, 11) is 3.94. The average molecular weight is 365 g/mol. The Kier molecular flexibility index (Phi) is 8.51. The third-order valence-electron chi connectivity index (χ3n) is 3.58. The second kappa shape index (κ2) is 10.1. The zero-order valence-electron chi connectivity index (χ0n) is 16.7. The van der Waals surface area contributed by atoms with Crippen molar-refractivity contribution in [3.8, 4) is 0 Å². The van der Waals surface area contributed by atoms with Gasteiger partial charge >= 0.3 is 0 Å². The molecule has 26 heavy (non-hydrogen) atoms. The van der Waals surface area contributed by atoms with E-state index < -0.39 is 0 Å². The number of guanidine groups is 1. The Morgan fingerprint density at radius 1 is 1.19 bits per heavy atom. The van der Waals surface area contributed by atoms with Crippen LogP contribution in [0.4, 0.5) is 4.39 Å². The first-order chi connectivity index (χ1) is 12.1. The largest absolute Gasteiger partial charge is 0.357 e. The molecule has 0 radical (unpaired) electrons. The average Bonchev–Trinajstić information content (AvgIpc) is 2.52. The van der Waals surface area contributed by atoms with Gasteiger partial charge in [-0.3, -0.25) is 4.79 Å². The third-order valence-corrected chi connectivity index (χ3v) is 3.58. The Morgan fingerprint density at radius 3 is 2.31 bits per heavy atom. The van der Waals surface area contributed by atoms with Crippen LogP contribution in [0.2, 0.25) is 0 Å². The first kappa shape index (κ1) is 21.9. The monoisotopic (exact) mass is 365 g/mol. The summed E-state index contributed by atoms with van der Waals surface area (Å²) in [6, 6.07) is 6.53. The van der Waals surface area contributed by atoms with Gasteiger partial charge in [-0.25, -0.2) is 9.38 Å². The highest BCUT2D eigenvalue weighted by atomic mass is 19.1. The highest BCUT2D eigenvalue weighted by Crippen LogP contribution is 2.17. The zero-order valence-corrected chi connectivity index (χ0v) is 16.7. The molecule has 0 aliphatic carbocycles. The second-order valence-corrected chi connectivity index (χ2v) is 7.41. The van der Waals surface area contributed by atoms with E-state index in [1.165, 1.54) is 12.1 Å². The summed E-state index contributed by atoms with van der Waals surface area (Å²) >= 11 is 0. The van der Waals surface area contributed by atoms with Gasteiger partial charge in [0.2, 0.25) is 5.91 Å². The smallest absolute Gasteiger partial charge is 0.242 e. The number of carbonyl (C=O) groups is 1. The van der Waals surface area contributed by atoms with Crippen LogP contribution >= 0.6 is 0 Å². The first-order valence-electron chi connectivity index (χ1n) is 8.87. The number of hydrogen-bond acceptors (Lipinski definition) is 3. The van der Waals surface area contributed by atoms with Gasteiger partial charge in [0.05, 0.1) is 6.04 Å². The number of aliphatic imine (C=N–C) groups is 1. The number of nitrogens with one attached hydrogen (secondary N) is 3. The summed E-state index contributed by atoms with van der Waals surface area (Å²) in [5, 5.41) is 9.28. The van der Waals surface area contributed by atoms with Crippen molar-refractivity contribution in [2.75, 3.05) is 33.7 Å². The molecule has 0 spiro atoms. The van der Waals surface area contributed by atoms with Crippen molar-refractivity contribution in [1.29, 1.82) is 0 Å². The zero-order chi connectivity index (χ0) is 19.7. The van der Waals surface area contributed by atoms with E-state index in [0.29, 0.717) is 19.0 Å². The molecule has 0 aliphatic rings. The van der Waals surface area contributed by atoms with Crippen molar-refractivity contribution in [2.24, 2.45) is 4.99 Å². The fourth-order valence-electron chi connectivity index (χ4n) is 2.43. The molecule has 1 aromatic rings. The Bertz CT molecular complexity index is 593. The minimum atomic E-state index is -0.281. The van der Waals surface area contributed by atoms with E-state index in [9.17, 15) is 9.18 Å². The van der Waals surface area contributed by atoms with Crippen LogP contribution in [-0.2, 0) is 4.79 Å². The molecule has 1 unspecified atom stereocenters.